The lowest BCUT2D eigenvalue weighted by Crippen LogP contribution is -2.11. The molecule has 0 aliphatic carbocycles. The topological polar surface area (TPSA) is 78.9 Å². The van der Waals surface area contributed by atoms with Gasteiger partial charge in [-0.1, -0.05) is 18.7 Å². The minimum atomic E-state index is -0.550. The fourth-order valence-electron chi connectivity index (χ4n) is 1.28. The first-order valence-corrected chi connectivity index (χ1v) is 7.08. The molecule has 1 atom stereocenters. The summed E-state index contributed by atoms with van der Waals surface area (Å²) in [4.78, 5) is 32.7. The van der Waals surface area contributed by atoms with Crippen LogP contribution in [0.15, 0.2) is 36.9 Å². The van der Waals surface area contributed by atoms with Crippen molar-refractivity contribution in [1.29, 1.82) is 0 Å². The summed E-state index contributed by atoms with van der Waals surface area (Å²) in [5.41, 5.74) is 0.420. The van der Waals surface area contributed by atoms with Crippen LogP contribution in [0.4, 0.5) is 0 Å². The SMILES string of the molecule is C=CC(=O)OCCP.COC(=O)c1ccccc1C(=O)OC. The Labute approximate surface area is 131 Å². The highest BCUT2D eigenvalue weighted by Gasteiger charge is 2.16. The van der Waals surface area contributed by atoms with Gasteiger partial charge in [0.2, 0.25) is 0 Å². The van der Waals surface area contributed by atoms with Crippen molar-refractivity contribution in [2.75, 3.05) is 27.0 Å². The number of hydrogen-bond acceptors (Lipinski definition) is 6. The zero-order chi connectivity index (χ0) is 17.0. The van der Waals surface area contributed by atoms with Crippen LogP contribution in [-0.4, -0.2) is 44.9 Å². The minimum Gasteiger partial charge on any atom is -0.465 e. The monoisotopic (exact) mass is 326 g/mol. The molecule has 0 N–H and O–H groups in total. The first-order chi connectivity index (χ1) is 10.5. The van der Waals surface area contributed by atoms with Crippen LogP contribution in [0.3, 0.4) is 0 Å². The molecule has 0 amide bonds. The van der Waals surface area contributed by atoms with Gasteiger partial charge in [0, 0.05) is 6.08 Å². The van der Waals surface area contributed by atoms with Crippen LogP contribution < -0.4 is 0 Å². The second kappa shape index (κ2) is 11.5. The second-order valence-corrected chi connectivity index (χ2v) is 4.27. The van der Waals surface area contributed by atoms with E-state index in [4.69, 9.17) is 0 Å². The van der Waals surface area contributed by atoms with Crippen molar-refractivity contribution in [2.24, 2.45) is 0 Å². The van der Waals surface area contributed by atoms with E-state index < -0.39 is 11.9 Å². The summed E-state index contributed by atoms with van der Waals surface area (Å²) in [5.74, 6) is -1.45. The molecule has 0 spiro atoms. The summed E-state index contributed by atoms with van der Waals surface area (Å²) in [6.07, 6.45) is 1.93. The standard InChI is InChI=1S/C10H10O4.C5H9O2P/c1-13-9(11)7-5-3-4-6-8(7)10(12)14-2;1-2-5(6)7-3-4-8/h3-6H,1-2H3;2H,1,3-4,8H2. The molecule has 0 radical (unpaired) electrons. The fourth-order valence-corrected chi connectivity index (χ4v) is 1.40. The lowest BCUT2D eigenvalue weighted by atomic mass is 10.1. The number of benzene rings is 1. The van der Waals surface area contributed by atoms with Crippen LogP contribution in [0.2, 0.25) is 0 Å². The molecule has 1 unspecified atom stereocenters. The molecule has 0 heterocycles. The highest BCUT2D eigenvalue weighted by Crippen LogP contribution is 2.10. The molecule has 22 heavy (non-hydrogen) atoms. The Morgan fingerprint density at radius 1 is 1.09 bits per heavy atom. The molecule has 0 aliphatic rings. The number of rotatable bonds is 5. The van der Waals surface area contributed by atoms with E-state index in [2.05, 4.69) is 30.0 Å². The maximum Gasteiger partial charge on any atom is 0.338 e. The molecule has 6 nitrogen and oxygen atoms in total. The molecule has 0 saturated carbocycles. The molecule has 1 rings (SSSR count). The maximum absolute atomic E-state index is 11.2. The van der Waals surface area contributed by atoms with Gasteiger partial charge in [-0.15, -0.1) is 9.24 Å². The molecule has 120 valence electrons. The molecule has 0 aliphatic heterocycles. The quantitative estimate of drug-likeness (QED) is 0.356. The Hall–Kier alpha value is -2.20. The fraction of sp³-hybridized carbons (Fsp3) is 0.267. The van der Waals surface area contributed by atoms with Crippen LogP contribution in [-0.2, 0) is 19.0 Å². The molecular weight excluding hydrogens is 307 g/mol. The Balaban J connectivity index is 0.000000472. The highest BCUT2D eigenvalue weighted by molar-refractivity contribution is 7.16. The number of methoxy groups -OCH3 is 2. The average molecular weight is 326 g/mol. The van der Waals surface area contributed by atoms with E-state index >= 15 is 0 Å². The summed E-state index contributed by atoms with van der Waals surface area (Å²) >= 11 is 0. The van der Waals surface area contributed by atoms with Crippen molar-refractivity contribution < 1.29 is 28.6 Å². The van der Waals surface area contributed by atoms with E-state index in [9.17, 15) is 14.4 Å². The molecule has 1 aromatic rings. The van der Waals surface area contributed by atoms with Crippen molar-refractivity contribution in [3.8, 4) is 0 Å². The molecule has 0 fully saturated rings. The van der Waals surface area contributed by atoms with Gasteiger partial charge in [-0.3, -0.25) is 0 Å². The van der Waals surface area contributed by atoms with Gasteiger partial charge in [-0.25, -0.2) is 14.4 Å². The first kappa shape index (κ1) is 19.8. The van der Waals surface area contributed by atoms with Crippen molar-refractivity contribution >= 4 is 27.1 Å². The van der Waals surface area contributed by atoms with Gasteiger partial charge in [0.25, 0.3) is 0 Å². The summed E-state index contributed by atoms with van der Waals surface area (Å²) < 4.78 is 13.6. The highest BCUT2D eigenvalue weighted by atomic mass is 31.0. The van der Waals surface area contributed by atoms with Gasteiger partial charge in [-0.05, 0) is 18.3 Å². The molecule has 0 bridgehead atoms. The van der Waals surface area contributed by atoms with E-state index in [1.165, 1.54) is 26.4 Å². The largest absolute Gasteiger partial charge is 0.465 e. The summed E-state index contributed by atoms with van der Waals surface area (Å²) in [6, 6.07) is 6.33. The average Bonchev–Trinajstić information content (AvgIpc) is 2.58. The lowest BCUT2D eigenvalue weighted by Gasteiger charge is -2.04. The van der Waals surface area contributed by atoms with Crippen LogP contribution in [0.25, 0.3) is 0 Å². The van der Waals surface area contributed by atoms with E-state index in [1.54, 1.807) is 12.1 Å². The molecule has 0 saturated heterocycles. The molecule has 7 heteroatoms. The van der Waals surface area contributed by atoms with Crippen molar-refractivity contribution in [1.82, 2.24) is 0 Å². The third-order valence-corrected chi connectivity index (χ3v) is 2.50. The number of esters is 3. The summed E-state index contributed by atoms with van der Waals surface area (Å²) in [5, 5.41) is 0. The Morgan fingerprint density at radius 2 is 1.55 bits per heavy atom. The zero-order valence-corrected chi connectivity index (χ0v) is 13.7. The van der Waals surface area contributed by atoms with Crippen LogP contribution in [0.1, 0.15) is 20.7 Å². The Kier molecular flexibility index (Phi) is 10.3. The van der Waals surface area contributed by atoms with Crippen molar-refractivity contribution in [2.45, 2.75) is 0 Å². The van der Waals surface area contributed by atoms with E-state index in [0.717, 1.165) is 12.2 Å². The number of hydrogen-bond donors (Lipinski definition) is 0. The van der Waals surface area contributed by atoms with Crippen LogP contribution in [0, 0.1) is 0 Å². The van der Waals surface area contributed by atoms with Gasteiger partial charge in [0.1, 0.15) is 0 Å². The van der Waals surface area contributed by atoms with Crippen LogP contribution in [0.5, 0.6) is 0 Å². The van der Waals surface area contributed by atoms with Crippen LogP contribution >= 0.6 is 9.24 Å². The third kappa shape index (κ3) is 6.99. The first-order valence-electron chi connectivity index (χ1n) is 6.26. The van der Waals surface area contributed by atoms with Gasteiger partial charge in [0.15, 0.2) is 0 Å². The number of carbonyl (C=O) groups is 3. The van der Waals surface area contributed by atoms with E-state index in [-0.39, 0.29) is 17.1 Å². The summed E-state index contributed by atoms with van der Waals surface area (Å²) in [6.45, 7) is 3.69. The number of ether oxygens (including phenoxy) is 3. The predicted octanol–water partition coefficient (Wildman–Crippen LogP) is 1.85. The maximum atomic E-state index is 11.2. The second-order valence-electron chi connectivity index (χ2n) is 3.69. The smallest absolute Gasteiger partial charge is 0.338 e. The van der Waals surface area contributed by atoms with Gasteiger partial charge < -0.3 is 14.2 Å². The van der Waals surface area contributed by atoms with Gasteiger partial charge >= 0.3 is 17.9 Å². The lowest BCUT2D eigenvalue weighted by molar-refractivity contribution is -0.137. The van der Waals surface area contributed by atoms with E-state index in [0.29, 0.717) is 6.61 Å². The predicted molar refractivity (Wildman–Crippen MR) is 84.9 cm³/mol. The van der Waals surface area contributed by atoms with Gasteiger partial charge in [0.05, 0.1) is 32.0 Å². The number of carbonyl (C=O) groups excluding carboxylic acids is 3. The normalized spacial score (nSPS) is 8.86. The molecule has 0 aromatic heterocycles. The molecular formula is C15H19O6P. The van der Waals surface area contributed by atoms with Crippen molar-refractivity contribution in [3.05, 3.63) is 48.0 Å². The minimum absolute atomic E-state index is 0.210. The zero-order valence-electron chi connectivity index (χ0n) is 12.5. The van der Waals surface area contributed by atoms with Gasteiger partial charge in [-0.2, -0.15) is 0 Å². The van der Waals surface area contributed by atoms with Crippen molar-refractivity contribution in [3.63, 3.8) is 0 Å². The van der Waals surface area contributed by atoms with E-state index in [1.807, 2.05) is 0 Å². The Bertz CT molecular complexity index is 492. The third-order valence-electron chi connectivity index (χ3n) is 2.27. The Morgan fingerprint density at radius 3 is 1.86 bits per heavy atom. The summed E-state index contributed by atoms with van der Waals surface area (Å²) in [7, 11) is 4.97. The molecule has 1 aromatic carbocycles.